The number of nitrogens with two attached hydrogens (primary N) is 1. The summed E-state index contributed by atoms with van der Waals surface area (Å²) in [5, 5.41) is 12.2. The zero-order chi connectivity index (χ0) is 19.2. The lowest BCUT2D eigenvalue weighted by Gasteiger charge is -2.12. The van der Waals surface area contributed by atoms with Crippen molar-refractivity contribution in [3.05, 3.63) is 78.4 Å². The quantitative estimate of drug-likeness (QED) is 0.632. The van der Waals surface area contributed by atoms with Gasteiger partial charge in [0.15, 0.2) is 11.5 Å². The summed E-state index contributed by atoms with van der Waals surface area (Å²) < 4.78 is 16.4. The Labute approximate surface area is 164 Å². The molecule has 5 heteroatoms. The van der Waals surface area contributed by atoms with Crippen LogP contribution in [0.1, 0.15) is 5.56 Å². The van der Waals surface area contributed by atoms with Crippen LogP contribution in [0.5, 0.6) is 17.2 Å². The molecule has 1 heterocycles. The minimum absolute atomic E-state index is 0.266. The van der Waals surface area contributed by atoms with Crippen LogP contribution in [0.3, 0.4) is 0 Å². The van der Waals surface area contributed by atoms with E-state index in [1.165, 1.54) is 5.56 Å². The highest BCUT2D eigenvalue weighted by Crippen LogP contribution is 2.32. The molecule has 4 rings (SSSR count). The van der Waals surface area contributed by atoms with Crippen molar-refractivity contribution >= 4 is 0 Å². The van der Waals surface area contributed by atoms with Crippen LogP contribution < -0.4 is 19.5 Å². The van der Waals surface area contributed by atoms with E-state index >= 15 is 0 Å². The monoisotopic (exact) mass is 378 g/mol. The molecule has 28 heavy (non-hydrogen) atoms. The van der Waals surface area contributed by atoms with Crippen molar-refractivity contribution in [1.29, 1.82) is 0 Å². The van der Waals surface area contributed by atoms with Crippen molar-refractivity contribution < 1.29 is 24.6 Å². The first-order valence-corrected chi connectivity index (χ1v) is 9.44. The molecular formula is C23H24NO4+. The van der Waals surface area contributed by atoms with E-state index in [4.69, 9.17) is 14.2 Å². The SMILES string of the molecule is O[C@@H](C[NH2+]Cc1ccc2c(c1)OCO2)COc1ccc(-c2ccccc2)cc1. The van der Waals surface area contributed by atoms with E-state index in [9.17, 15) is 5.11 Å². The minimum atomic E-state index is -0.539. The molecule has 0 aromatic heterocycles. The first kappa shape index (κ1) is 18.3. The largest absolute Gasteiger partial charge is 0.491 e. The van der Waals surface area contributed by atoms with Gasteiger partial charge in [-0.3, -0.25) is 0 Å². The van der Waals surface area contributed by atoms with Crippen molar-refractivity contribution in [2.45, 2.75) is 12.6 Å². The maximum atomic E-state index is 10.2. The molecule has 3 N–H and O–H groups in total. The number of hydrogen-bond acceptors (Lipinski definition) is 4. The van der Waals surface area contributed by atoms with Crippen molar-refractivity contribution in [3.8, 4) is 28.4 Å². The second-order valence-electron chi connectivity index (χ2n) is 6.77. The van der Waals surface area contributed by atoms with Gasteiger partial charge in [0.2, 0.25) is 6.79 Å². The van der Waals surface area contributed by atoms with Crippen molar-refractivity contribution in [3.63, 3.8) is 0 Å². The van der Waals surface area contributed by atoms with E-state index in [0.29, 0.717) is 6.54 Å². The maximum absolute atomic E-state index is 10.2. The number of quaternary nitrogens is 1. The molecule has 3 aromatic rings. The first-order valence-electron chi connectivity index (χ1n) is 9.44. The highest BCUT2D eigenvalue weighted by Gasteiger charge is 2.14. The van der Waals surface area contributed by atoms with Crippen LogP contribution in [0.15, 0.2) is 72.8 Å². The Bertz CT molecular complexity index is 896. The highest BCUT2D eigenvalue weighted by atomic mass is 16.7. The zero-order valence-corrected chi connectivity index (χ0v) is 15.6. The van der Waals surface area contributed by atoms with E-state index in [1.54, 1.807) is 0 Å². The van der Waals surface area contributed by atoms with E-state index in [2.05, 4.69) is 17.4 Å². The number of hydrogen-bond donors (Lipinski definition) is 2. The molecule has 0 unspecified atom stereocenters. The molecule has 0 bridgehead atoms. The third kappa shape index (κ3) is 4.63. The van der Waals surface area contributed by atoms with Crippen molar-refractivity contribution in [2.75, 3.05) is 19.9 Å². The standard InChI is InChI=1S/C23H23NO4/c25-20(14-24-13-17-6-11-22-23(12-17)28-16-27-22)15-26-21-9-7-19(8-10-21)18-4-2-1-3-5-18/h1-12,20,24-25H,13-16H2/p+1/t20-/m0/s1. The second-order valence-corrected chi connectivity index (χ2v) is 6.77. The Balaban J connectivity index is 1.21. The smallest absolute Gasteiger partial charge is 0.231 e. The summed E-state index contributed by atoms with van der Waals surface area (Å²) >= 11 is 0. The molecule has 1 atom stereocenters. The first-order chi connectivity index (χ1) is 13.8. The van der Waals surface area contributed by atoms with Gasteiger partial charge in [0, 0.05) is 5.56 Å². The number of rotatable bonds is 8. The minimum Gasteiger partial charge on any atom is -0.491 e. The van der Waals surface area contributed by atoms with Crippen LogP contribution in [0, 0.1) is 0 Å². The van der Waals surface area contributed by atoms with Gasteiger partial charge in [0.1, 0.15) is 31.5 Å². The van der Waals surface area contributed by atoms with E-state index in [1.807, 2.05) is 60.7 Å². The van der Waals surface area contributed by atoms with Gasteiger partial charge in [-0.05, 0) is 41.5 Å². The van der Waals surface area contributed by atoms with Crippen LogP contribution in [0.2, 0.25) is 0 Å². The van der Waals surface area contributed by atoms with E-state index in [0.717, 1.165) is 34.9 Å². The molecule has 5 nitrogen and oxygen atoms in total. The number of aliphatic hydroxyl groups excluding tert-OH is 1. The fourth-order valence-corrected chi connectivity index (χ4v) is 3.14. The lowest BCUT2D eigenvalue weighted by atomic mass is 10.1. The topological polar surface area (TPSA) is 64.5 Å². The summed E-state index contributed by atoms with van der Waals surface area (Å²) in [5.41, 5.74) is 3.45. The summed E-state index contributed by atoms with van der Waals surface area (Å²) in [5.74, 6) is 2.33. The Hall–Kier alpha value is -3.02. The Morgan fingerprint density at radius 3 is 2.46 bits per heavy atom. The Morgan fingerprint density at radius 1 is 0.893 bits per heavy atom. The fourth-order valence-electron chi connectivity index (χ4n) is 3.14. The molecule has 3 aromatic carbocycles. The zero-order valence-electron chi connectivity index (χ0n) is 15.6. The number of aliphatic hydroxyl groups is 1. The maximum Gasteiger partial charge on any atom is 0.231 e. The second kappa shape index (κ2) is 8.78. The predicted octanol–water partition coefficient (Wildman–Crippen LogP) is 2.59. The van der Waals surface area contributed by atoms with Crippen LogP contribution in [-0.2, 0) is 6.54 Å². The Morgan fingerprint density at radius 2 is 1.64 bits per heavy atom. The van der Waals surface area contributed by atoms with Crippen LogP contribution >= 0.6 is 0 Å². The third-order valence-corrected chi connectivity index (χ3v) is 4.66. The molecule has 0 saturated heterocycles. The molecule has 1 aliphatic heterocycles. The van der Waals surface area contributed by atoms with Gasteiger partial charge in [-0.15, -0.1) is 0 Å². The molecule has 0 radical (unpaired) electrons. The summed E-state index contributed by atoms with van der Waals surface area (Å²) in [6.07, 6.45) is -0.539. The highest BCUT2D eigenvalue weighted by molar-refractivity contribution is 5.63. The molecule has 0 aliphatic carbocycles. The van der Waals surface area contributed by atoms with Crippen molar-refractivity contribution in [2.24, 2.45) is 0 Å². The molecule has 0 fully saturated rings. The van der Waals surface area contributed by atoms with Gasteiger partial charge in [-0.2, -0.15) is 0 Å². The number of fused-ring (bicyclic) bond motifs is 1. The van der Waals surface area contributed by atoms with Gasteiger partial charge in [0.05, 0.1) is 0 Å². The van der Waals surface area contributed by atoms with Gasteiger partial charge < -0.3 is 24.6 Å². The average molecular weight is 378 g/mol. The van der Waals surface area contributed by atoms with Gasteiger partial charge >= 0.3 is 0 Å². The molecule has 0 spiro atoms. The predicted molar refractivity (Wildman–Crippen MR) is 106 cm³/mol. The fraction of sp³-hybridized carbons (Fsp3) is 0.217. The van der Waals surface area contributed by atoms with Crippen LogP contribution in [0.25, 0.3) is 11.1 Å². The van der Waals surface area contributed by atoms with E-state index in [-0.39, 0.29) is 13.4 Å². The van der Waals surface area contributed by atoms with Gasteiger partial charge in [-0.1, -0.05) is 42.5 Å². The molecule has 0 amide bonds. The van der Waals surface area contributed by atoms with Crippen LogP contribution in [0.4, 0.5) is 0 Å². The van der Waals surface area contributed by atoms with Gasteiger partial charge in [0.25, 0.3) is 0 Å². The van der Waals surface area contributed by atoms with E-state index < -0.39 is 6.10 Å². The molecule has 1 aliphatic rings. The molecule has 144 valence electrons. The molecule has 0 saturated carbocycles. The van der Waals surface area contributed by atoms with Crippen LogP contribution in [-0.4, -0.2) is 31.2 Å². The lowest BCUT2D eigenvalue weighted by Crippen LogP contribution is -2.85. The lowest BCUT2D eigenvalue weighted by molar-refractivity contribution is -0.676. The summed E-state index contributed by atoms with van der Waals surface area (Å²) in [6.45, 7) is 1.88. The summed E-state index contributed by atoms with van der Waals surface area (Å²) in [7, 11) is 0. The average Bonchev–Trinajstić information content (AvgIpc) is 3.21. The van der Waals surface area contributed by atoms with Gasteiger partial charge in [-0.25, -0.2) is 0 Å². The number of ether oxygens (including phenoxy) is 3. The molecular weight excluding hydrogens is 354 g/mol. The third-order valence-electron chi connectivity index (χ3n) is 4.66. The summed E-state index contributed by atoms with van der Waals surface area (Å²) in [6, 6.07) is 24.1. The van der Waals surface area contributed by atoms with Crippen molar-refractivity contribution in [1.82, 2.24) is 0 Å². The Kier molecular flexibility index (Phi) is 5.75. The summed E-state index contributed by atoms with van der Waals surface area (Å²) in [4.78, 5) is 0. The number of benzene rings is 3. The normalized spacial score (nSPS) is 13.3.